The van der Waals surface area contributed by atoms with Crippen molar-refractivity contribution in [1.29, 1.82) is 0 Å². The number of carbonyl (C=O) groups is 1. The fraction of sp³-hybridized carbons (Fsp3) is 0.938. The first kappa shape index (κ1) is 12.6. The van der Waals surface area contributed by atoms with Gasteiger partial charge in [-0.15, -0.1) is 11.6 Å². The third-order valence-electron chi connectivity index (χ3n) is 6.20. The molecule has 0 amide bonds. The highest BCUT2D eigenvalue weighted by molar-refractivity contribution is 6.21. The van der Waals surface area contributed by atoms with Gasteiger partial charge in [0.1, 0.15) is 5.60 Å². The molecule has 4 fully saturated rings. The summed E-state index contributed by atoms with van der Waals surface area (Å²) in [7, 11) is 0. The lowest BCUT2D eigenvalue weighted by atomic mass is 9.71. The van der Waals surface area contributed by atoms with Crippen LogP contribution < -0.4 is 0 Å². The summed E-state index contributed by atoms with van der Waals surface area (Å²) < 4.78 is 6.58. The maximum atomic E-state index is 13.0. The first-order chi connectivity index (χ1) is 9.16. The molecule has 2 saturated heterocycles. The second-order valence-corrected chi connectivity index (χ2v) is 7.82. The molecular formula is C16H23ClO2. The first-order valence-corrected chi connectivity index (χ1v) is 8.48. The fourth-order valence-corrected chi connectivity index (χ4v) is 5.96. The van der Waals surface area contributed by atoms with E-state index in [9.17, 15) is 4.79 Å². The van der Waals surface area contributed by atoms with E-state index in [4.69, 9.17) is 16.3 Å². The molecule has 2 aliphatic heterocycles. The summed E-state index contributed by atoms with van der Waals surface area (Å²) in [5.41, 5.74) is -0.657. The minimum Gasteiger partial charge on any atom is -0.360 e. The Kier molecular flexibility index (Phi) is 2.80. The van der Waals surface area contributed by atoms with Crippen molar-refractivity contribution in [2.24, 2.45) is 11.8 Å². The van der Waals surface area contributed by atoms with Crippen LogP contribution in [0.25, 0.3) is 0 Å². The third-order valence-corrected chi connectivity index (χ3v) is 6.51. The van der Waals surface area contributed by atoms with Crippen molar-refractivity contribution in [1.82, 2.24) is 0 Å². The Morgan fingerprint density at radius 1 is 1.05 bits per heavy atom. The molecular weight excluding hydrogens is 260 g/mol. The van der Waals surface area contributed by atoms with Gasteiger partial charge in [0.25, 0.3) is 0 Å². The van der Waals surface area contributed by atoms with Crippen molar-refractivity contribution in [2.45, 2.75) is 80.8 Å². The van der Waals surface area contributed by atoms with Crippen molar-refractivity contribution < 1.29 is 9.53 Å². The molecule has 0 aromatic carbocycles. The van der Waals surface area contributed by atoms with E-state index in [0.717, 1.165) is 44.9 Å². The second-order valence-electron chi connectivity index (χ2n) is 7.21. The van der Waals surface area contributed by atoms with E-state index < -0.39 is 5.60 Å². The lowest BCUT2D eigenvalue weighted by molar-refractivity contribution is -0.176. The lowest BCUT2D eigenvalue weighted by Gasteiger charge is -2.45. The van der Waals surface area contributed by atoms with E-state index in [1.165, 1.54) is 19.3 Å². The molecule has 2 bridgehead atoms. The molecule has 4 aliphatic rings. The average molecular weight is 283 g/mol. The van der Waals surface area contributed by atoms with Gasteiger partial charge >= 0.3 is 0 Å². The van der Waals surface area contributed by atoms with Gasteiger partial charge in [-0.1, -0.05) is 19.3 Å². The molecule has 4 atom stereocenters. The highest BCUT2D eigenvalue weighted by Gasteiger charge is 2.68. The molecule has 0 N–H and O–H groups in total. The Hall–Kier alpha value is -0.0800. The number of rotatable bonds is 1. The summed E-state index contributed by atoms with van der Waals surface area (Å²) in [4.78, 5) is 13.0. The summed E-state index contributed by atoms with van der Waals surface area (Å²) in [6.07, 6.45) is 11.1. The molecule has 2 aliphatic carbocycles. The third kappa shape index (κ3) is 1.62. The quantitative estimate of drug-likeness (QED) is 0.683. The highest BCUT2D eigenvalue weighted by Crippen LogP contribution is 2.61. The van der Waals surface area contributed by atoms with Crippen LogP contribution >= 0.6 is 11.6 Å². The molecule has 0 aromatic heterocycles. The molecule has 0 radical (unpaired) electrons. The molecule has 2 nitrogen and oxygen atoms in total. The topological polar surface area (TPSA) is 26.3 Å². The van der Waals surface area contributed by atoms with Crippen LogP contribution in [-0.4, -0.2) is 22.4 Å². The van der Waals surface area contributed by atoms with Crippen LogP contribution in [0.15, 0.2) is 0 Å². The van der Waals surface area contributed by atoms with Crippen LogP contribution in [0.5, 0.6) is 0 Å². The SMILES string of the molecule is O=C1C2CCCC23CC(Cl)CC1(C1CCCCC1)O3. The number of fused-ring (bicyclic) bond motifs is 1. The van der Waals surface area contributed by atoms with Crippen LogP contribution in [0.1, 0.15) is 64.2 Å². The molecule has 19 heavy (non-hydrogen) atoms. The van der Waals surface area contributed by atoms with Crippen LogP contribution in [0.4, 0.5) is 0 Å². The molecule has 2 saturated carbocycles. The van der Waals surface area contributed by atoms with Gasteiger partial charge in [-0.25, -0.2) is 0 Å². The van der Waals surface area contributed by atoms with Crippen molar-refractivity contribution >= 4 is 17.4 Å². The number of hydrogen-bond donors (Lipinski definition) is 0. The predicted molar refractivity (Wildman–Crippen MR) is 74.3 cm³/mol. The zero-order chi connectivity index (χ0) is 13.1. The summed E-state index contributed by atoms with van der Waals surface area (Å²) >= 11 is 6.55. The Labute approximate surface area is 120 Å². The number of hydrogen-bond acceptors (Lipinski definition) is 2. The molecule has 4 rings (SSSR count). The van der Waals surface area contributed by atoms with Gasteiger partial charge in [-0.3, -0.25) is 4.79 Å². The van der Waals surface area contributed by atoms with Crippen molar-refractivity contribution in [2.75, 3.05) is 0 Å². The average Bonchev–Trinajstić information content (AvgIpc) is 2.86. The van der Waals surface area contributed by atoms with E-state index in [2.05, 4.69) is 0 Å². The van der Waals surface area contributed by atoms with E-state index in [1.54, 1.807) is 0 Å². The van der Waals surface area contributed by atoms with Gasteiger partial charge in [-0.05, 0) is 44.4 Å². The number of halogens is 1. The van der Waals surface area contributed by atoms with Crippen molar-refractivity contribution in [3.63, 3.8) is 0 Å². The predicted octanol–water partition coefficient (Wildman–Crippen LogP) is 3.84. The lowest BCUT2D eigenvalue weighted by Crippen LogP contribution is -2.51. The van der Waals surface area contributed by atoms with Gasteiger partial charge in [0.2, 0.25) is 0 Å². The molecule has 106 valence electrons. The summed E-state index contributed by atoms with van der Waals surface area (Å²) in [5.74, 6) is 1.04. The maximum absolute atomic E-state index is 13.0. The zero-order valence-corrected chi connectivity index (χ0v) is 12.3. The van der Waals surface area contributed by atoms with E-state index in [-0.39, 0.29) is 16.9 Å². The number of ether oxygens (including phenoxy) is 1. The molecule has 0 aromatic rings. The Morgan fingerprint density at radius 3 is 2.63 bits per heavy atom. The summed E-state index contributed by atoms with van der Waals surface area (Å²) in [6, 6.07) is 0. The largest absolute Gasteiger partial charge is 0.360 e. The van der Waals surface area contributed by atoms with E-state index in [1.807, 2.05) is 0 Å². The van der Waals surface area contributed by atoms with Crippen molar-refractivity contribution in [3.05, 3.63) is 0 Å². The smallest absolute Gasteiger partial charge is 0.170 e. The van der Waals surface area contributed by atoms with Crippen LogP contribution in [0.3, 0.4) is 0 Å². The van der Waals surface area contributed by atoms with Gasteiger partial charge < -0.3 is 4.74 Å². The standard InChI is InChI=1S/C16H23ClO2/c17-12-9-15-8-4-7-13(15)14(18)16(10-12,19-15)11-5-2-1-3-6-11/h11-13H,1-10H2. The first-order valence-electron chi connectivity index (χ1n) is 8.05. The number of ketones is 1. The van der Waals surface area contributed by atoms with Crippen LogP contribution in [0.2, 0.25) is 0 Å². The van der Waals surface area contributed by atoms with Gasteiger partial charge in [0, 0.05) is 17.7 Å². The zero-order valence-electron chi connectivity index (χ0n) is 11.5. The Morgan fingerprint density at radius 2 is 1.84 bits per heavy atom. The number of carbonyl (C=O) groups excluding carboxylic acids is 1. The van der Waals surface area contributed by atoms with E-state index >= 15 is 0 Å². The monoisotopic (exact) mass is 282 g/mol. The summed E-state index contributed by atoms with van der Waals surface area (Å²) in [6.45, 7) is 0. The molecule has 3 heteroatoms. The minimum atomic E-state index is -0.490. The van der Waals surface area contributed by atoms with Crippen LogP contribution in [-0.2, 0) is 9.53 Å². The Balaban J connectivity index is 1.72. The normalized spacial score (nSPS) is 50.5. The van der Waals surface area contributed by atoms with E-state index in [0.29, 0.717) is 11.7 Å². The fourth-order valence-electron chi connectivity index (χ4n) is 5.47. The number of alkyl halides is 1. The van der Waals surface area contributed by atoms with Gasteiger partial charge in [0.15, 0.2) is 5.78 Å². The Bertz CT molecular complexity index is 404. The minimum absolute atomic E-state index is 0.141. The van der Waals surface area contributed by atoms with Crippen molar-refractivity contribution in [3.8, 4) is 0 Å². The summed E-state index contributed by atoms with van der Waals surface area (Å²) in [5, 5.41) is 0.141. The molecule has 4 unspecified atom stereocenters. The van der Waals surface area contributed by atoms with Crippen LogP contribution in [0, 0.1) is 11.8 Å². The maximum Gasteiger partial charge on any atom is 0.170 e. The van der Waals surface area contributed by atoms with Gasteiger partial charge in [-0.2, -0.15) is 0 Å². The number of Topliss-reactive ketones (excluding diaryl/α,β-unsaturated/α-hetero) is 1. The molecule has 1 spiro atoms. The molecule has 2 heterocycles. The van der Waals surface area contributed by atoms with Gasteiger partial charge in [0.05, 0.1) is 5.60 Å². The highest BCUT2D eigenvalue weighted by atomic mass is 35.5. The second kappa shape index (κ2) is 4.21.